The quantitative estimate of drug-likeness (QED) is 0.746. The first-order chi connectivity index (χ1) is 13.9. The Hall–Kier alpha value is -2.83. The second-order valence-electron chi connectivity index (χ2n) is 7.38. The lowest BCUT2D eigenvalue weighted by Crippen LogP contribution is -2.46. The minimum atomic E-state index is -0.911. The van der Waals surface area contributed by atoms with Crippen molar-refractivity contribution >= 4 is 52.7 Å². The molecule has 2 N–H and O–H groups in total. The molecule has 0 bridgehead atoms. The number of fused-ring (bicyclic) bond motifs is 5. The van der Waals surface area contributed by atoms with Gasteiger partial charge in [0.2, 0.25) is 17.7 Å². The van der Waals surface area contributed by atoms with Crippen LogP contribution in [0.3, 0.4) is 0 Å². The molecule has 146 valence electrons. The van der Waals surface area contributed by atoms with Crippen LogP contribution >= 0.6 is 23.2 Å². The van der Waals surface area contributed by atoms with Gasteiger partial charge in [-0.1, -0.05) is 47.5 Å². The number of carbonyl (C=O) groups excluding carboxylic acids is 3. The molecule has 3 aliphatic heterocycles. The lowest BCUT2D eigenvalue weighted by Gasteiger charge is -2.34. The fourth-order valence-corrected chi connectivity index (χ4v) is 5.32. The number of imide groups is 1. The summed E-state index contributed by atoms with van der Waals surface area (Å²) in [5.74, 6) is -3.11. The zero-order valence-corrected chi connectivity index (χ0v) is 16.5. The van der Waals surface area contributed by atoms with E-state index in [2.05, 4.69) is 0 Å². The number of hydrogen-bond donors (Lipinski definition) is 1. The predicted molar refractivity (Wildman–Crippen MR) is 109 cm³/mol. The monoisotopic (exact) mass is 427 g/mol. The molecule has 29 heavy (non-hydrogen) atoms. The molecule has 2 aromatic rings. The van der Waals surface area contributed by atoms with Crippen LogP contribution in [0.15, 0.2) is 48.7 Å². The van der Waals surface area contributed by atoms with Gasteiger partial charge in [-0.05, 0) is 35.4 Å². The van der Waals surface area contributed by atoms with Crippen molar-refractivity contribution in [1.82, 2.24) is 4.90 Å². The fourth-order valence-electron chi connectivity index (χ4n) is 4.81. The fraction of sp³-hybridized carbons (Fsp3) is 0.190. The first-order valence-corrected chi connectivity index (χ1v) is 9.82. The van der Waals surface area contributed by atoms with Crippen LogP contribution in [-0.2, 0) is 14.4 Å². The van der Waals surface area contributed by atoms with Crippen LogP contribution in [-0.4, -0.2) is 28.7 Å². The first-order valence-electron chi connectivity index (χ1n) is 9.06. The molecule has 5 rings (SSSR count). The van der Waals surface area contributed by atoms with Crippen molar-refractivity contribution in [2.75, 3.05) is 4.90 Å². The summed E-state index contributed by atoms with van der Waals surface area (Å²) >= 11 is 12.2. The Labute approximate surface area is 176 Å². The van der Waals surface area contributed by atoms with Gasteiger partial charge in [-0.25, -0.2) is 4.90 Å². The molecule has 4 atom stereocenters. The van der Waals surface area contributed by atoms with Gasteiger partial charge in [-0.2, -0.15) is 0 Å². The van der Waals surface area contributed by atoms with Crippen LogP contribution < -0.4 is 10.6 Å². The summed E-state index contributed by atoms with van der Waals surface area (Å²) in [5, 5.41) is 0.619. The van der Waals surface area contributed by atoms with Crippen molar-refractivity contribution in [2.45, 2.75) is 12.1 Å². The molecule has 0 spiro atoms. The van der Waals surface area contributed by atoms with E-state index in [4.69, 9.17) is 28.9 Å². The zero-order valence-electron chi connectivity index (χ0n) is 15.0. The Kier molecular flexibility index (Phi) is 3.98. The highest BCUT2D eigenvalue weighted by Gasteiger charge is 2.64. The van der Waals surface area contributed by atoms with Gasteiger partial charge >= 0.3 is 0 Å². The number of nitrogens with zero attached hydrogens (tertiary/aromatic N) is 2. The molecule has 2 saturated heterocycles. The van der Waals surface area contributed by atoms with Gasteiger partial charge in [0.15, 0.2) is 0 Å². The Morgan fingerprint density at radius 3 is 2.31 bits per heavy atom. The molecular weight excluding hydrogens is 413 g/mol. The van der Waals surface area contributed by atoms with Crippen molar-refractivity contribution in [1.29, 1.82) is 0 Å². The first kappa shape index (κ1) is 18.2. The standard InChI is InChI=1S/C21H15Cl2N3O3/c22-11-7-12(23)9-13(8-11)26-20(28)15-16(21(26)29)18(19(24)27)25-6-5-10-3-1-2-4-14(10)17(15)25/h1-9,15-18H,(H2,24,27)/t15-,16-,17-,18+/m1/s1. The van der Waals surface area contributed by atoms with E-state index < -0.39 is 35.7 Å². The third-order valence-corrected chi connectivity index (χ3v) is 6.30. The lowest BCUT2D eigenvalue weighted by molar-refractivity contribution is -0.129. The van der Waals surface area contributed by atoms with E-state index >= 15 is 0 Å². The molecule has 2 fully saturated rings. The normalized spacial score (nSPS) is 27.1. The van der Waals surface area contributed by atoms with Crippen LogP contribution in [0.5, 0.6) is 0 Å². The van der Waals surface area contributed by atoms with E-state index in [0.717, 1.165) is 16.0 Å². The molecule has 3 amide bonds. The van der Waals surface area contributed by atoms with Crippen molar-refractivity contribution < 1.29 is 14.4 Å². The number of anilines is 1. The minimum Gasteiger partial charge on any atom is -0.368 e. The summed E-state index contributed by atoms with van der Waals surface area (Å²) in [7, 11) is 0. The summed E-state index contributed by atoms with van der Waals surface area (Å²) in [5.41, 5.74) is 7.81. The highest BCUT2D eigenvalue weighted by molar-refractivity contribution is 6.35. The van der Waals surface area contributed by atoms with Gasteiger partial charge in [-0.15, -0.1) is 0 Å². The molecule has 0 aliphatic carbocycles. The molecule has 0 saturated carbocycles. The molecule has 3 heterocycles. The summed E-state index contributed by atoms with van der Waals surface area (Å²) in [4.78, 5) is 42.0. The van der Waals surface area contributed by atoms with Crippen LogP contribution in [0, 0.1) is 11.8 Å². The zero-order chi connectivity index (χ0) is 20.4. The molecule has 3 aliphatic rings. The van der Waals surface area contributed by atoms with Crippen LogP contribution in [0.1, 0.15) is 17.2 Å². The van der Waals surface area contributed by atoms with Gasteiger partial charge in [0.1, 0.15) is 6.04 Å². The average Bonchev–Trinajstić information content (AvgIpc) is 3.14. The summed E-state index contributed by atoms with van der Waals surface area (Å²) in [6, 6.07) is 10.8. The molecule has 0 aromatic heterocycles. The maximum atomic E-state index is 13.5. The second kappa shape index (κ2) is 6.34. The van der Waals surface area contributed by atoms with Crippen molar-refractivity contribution in [3.05, 3.63) is 69.8 Å². The Morgan fingerprint density at radius 2 is 1.62 bits per heavy atom. The van der Waals surface area contributed by atoms with Crippen LogP contribution in [0.2, 0.25) is 10.0 Å². The molecule has 8 heteroatoms. The van der Waals surface area contributed by atoms with E-state index in [1.54, 1.807) is 11.1 Å². The highest BCUT2D eigenvalue weighted by atomic mass is 35.5. The second-order valence-corrected chi connectivity index (χ2v) is 8.25. The van der Waals surface area contributed by atoms with E-state index in [1.165, 1.54) is 18.2 Å². The predicted octanol–water partition coefficient (Wildman–Crippen LogP) is 2.99. The lowest BCUT2D eigenvalue weighted by atomic mass is 9.84. The van der Waals surface area contributed by atoms with E-state index in [1.807, 2.05) is 30.3 Å². The van der Waals surface area contributed by atoms with E-state index in [0.29, 0.717) is 15.7 Å². The summed E-state index contributed by atoms with van der Waals surface area (Å²) in [6.45, 7) is 0. The van der Waals surface area contributed by atoms with Gasteiger partial charge in [-0.3, -0.25) is 14.4 Å². The number of halogens is 2. The number of benzene rings is 2. The number of nitrogens with two attached hydrogens (primary N) is 1. The number of primary amides is 1. The van der Waals surface area contributed by atoms with E-state index in [9.17, 15) is 14.4 Å². The number of hydrogen-bond acceptors (Lipinski definition) is 4. The van der Waals surface area contributed by atoms with Gasteiger partial charge in [0, 0.05) is 16.2 Å². The van der Waals surface area contributed by atoms with Crippen molar-refractivity contribution in [3.8, 4) is 0 Å². The van der Waals surface area contributed by atoms with Crippen molar-refractivity contribution in [3.63, 3.8) is 0 Å². The third kappa shape index (κ3) is 2.52. The molecule has 2 aromatic carbocycles. The minimum absolute atomic E-state index is 0.293. The molecule has 0 unspecified atom stereocenters. The summed E-state index contributed by atoms with van der Waals surface area (Å²) in [6.07, 6.45) is 3.62. The molecule has 0 radical (unpaired) electrons. The van der Waals surface area contributed by atoms with Gasteiger partial charge in [0.05, 0.1) is 23.6 Å². The van der Waals surface area contributed by atoms with Gasteiger partial charge in [0.25, 0.3) is 0 Å². The number of amides is 3. The largest absolute Gasteiger partial charge is 0.368 e. The Bertz CT molecular complexity index is 1100. The van der Waals surface area contributed by atoms with Crippen LogP contribution in [0.25, 0.3) is 6.08 Å². The SMILES string of the molecule is NC(=O)[C@@H]1[C@@H]2C(=O)N(c3cc(Cl)cc(Cl)c3)C(=O)[C@H]2[C@H]2c3ccccc3C=CN12. The number of carbonyl (C=O) groups is 3. The molecule has 6 nitrogen and oxygen atoms in total. The Balaban J connectivity index is 1.66. The average molecular weight is 428 g/mol. The van der Waals surface area contributed by atoms with Crippen molar-refractivity contribution in [2.24, 2.45) is 17.6 Å². The van der Waals surface area contributed by atoms with Crippen LogP contribution in [0.4, 0.5) is 5.69 Å². The molecular formula is C21H15Cl2N3O3. The topological polar surface area (TPSA) is 83.7 Å². The summed E-state index contributed by atoms with van der Waals surface area (Å²) < 4.78 is 0. The maximum absolute atomic E-state index is 13.5. The van der Waals surface area contributed by atoms with E-state index in [-0.39, 0.29) is 5.91 Å². The smallest absolute Gasteiger partial charge is 0.240 e. The third-order valence-electron chi connectivity index (χ3n) is 5.86. The number of rotatable bonds is 2. The maximum Gasteiger partial charge on any atom is 0.240 e. The Morgan fingerprint density at radius 1 is 0.966 bits per heavy atom. The highest BCUT2D eigenvalue weighted by Crippen LogP contribution is 2.53. The van der Waals surface area contributed by atoms with Gasteiger partial charge < -0.3 is 10.6 Å².